The number of carbonyl (C=O) groups is 1. The first-order valence-corrected chi connectivity index (χ1v) is 10.4. The number of hydrogen-bond donors (Lipinski definition) is 2. The van der Waals surface area contributed by atoms with Crippen molar-refractivity contribution >= 4 is 5.91 Å². The van der Waals surface area contributed by atoms with Gasteiger partial charge in [0.15, 0.2) is 6.19 Å². The SMILES string of the molecule is CCCCCCNCC1CCCC(C(=O)N[C@@H]2CCN(C#N)C2)CC1. The molecule has 0 bridgehead atoms. The zero-order valence-corrected chi connectivity index (χ0v) is 15.9. The molecular weight excluding hydrogens is 312 g/mol. The summed E-state index contributed by atoms with van der Waals surface area (Å²) >= 11 is 0. The second-order valence-corrected chi connectivity index (χ2v) is 7.88. The minimum Gasteiger partial charge on any atom is -0.351 e. The lowest BCUT2D eigenvalue weighted by molar-refractivity contribution is -0.126. The van der Waals surface area contributed by atoms with Crippen molar-refractivity contribution in [2.24, 2.45) is 11.8 Å². The van der Waals surface area contributed by atoms with Gasteiger partial charge < -0.3 is 15.5 Å². The van der Waals surface area contributed by atoms with Crippen molar-refractivity contribution in [1.82, 2.24) is 15.5 Å². The van der Waals surface area contributed by atoms with E-state index in [0.717, 1.165) is 57.7 Å². The zero-order valence-electron chi connectivity index (χ0n) is 15.9. The van der Waals surface area contributed by atoms with Gasteiger partial charge in [-0.15, -0.1) is 0 Å². The summed E-state index contributed by atoms with van der Waals surface area (Å²) in [6.07, 6.45) is 13.9. The second-order valence-electron chi connectivity index (χ2n) is 7.88. The number of nitriles is 1. The largest absolute Gasteiger partial charge is 0.351 e. The van der Waals surface area contributed by atoms with Crippen molar-refractivity contribution in [3.8, 4) is 6.19 Å². The van der Waals surface area contributed by atoms with Crippen LogP contribution < -0.4 is 10.6 Å². The van der Waals surface area contributed by atoms with E-state index in [1.54, 1.807) is 4.90 Å². The van der Waals surface area contributed by atoms with E-state index in [-0.39, 0.29) is 17.9 Å². The summed E-state index contributed by atoms with van der Waals surface area (Å²) in [6.45, 7) is 5.95. The van der Waals surface area contributed by atoms with Crippen LogP contribution >= 0.6 is 0 Å². The molecule has 1 aliphatic carbocycles. The molecule has 25 heavy (non-hydrogen) atoms. The van der Waals surface area contributed by atoms with E-state index in [0.29, 0.717) is 6.54 Å². The summed E-state index contributed by atoms with van der Waals surface area (Å²) in [5.74, 6) is 1.12. The van der Waals surface area contributed by atoms with Gasteiger partial charge >= 0.3 is 0 Å². The van der Waals surface area contributed by atoms with Gasteiger partial charge in [0.2, 0.25) is 5.91 Å². The molecule has 3 atom stereocenters. The molecule has 0 aromatic carbocycles. The van der Waals surface area contributed by atoms with E-state index in [9.17, 15) is 4.79 Å². The van der Waals surface area contributed by atoms with Crippen LogP contribution in [0.2, 0.25) is 0 Å². The lowest BCUT2D eigenvalue weighted by Gasteiger charge is -2.18. The zero-order chi connectivity index (χ0) is 17.9. The number of rotatable bonds is 9. The quantitative estimate of drug-likeness (QED) is 0.382. The van der Waals surface area contributed by atoms with Gasteiger partial charge in [-0.25, -0.2) is 0 Å². The molecule has 5 heteroatoms. The summed E-state index contributed by atoms with van der Waals surface area (Å²) in [7, 11) is 0. The number of nitrogens with one attached hydrogen (secondary N) is 2. The third kappa shape index (κ3) is 7.23. The van der Waals surface area contributed by atoms with Crippen LogP contribution in [0.3, 0.4) is 0 Å². The molecule has 1 saturated carbocycles. The third-order valence-corrected chi connectivity index (χ3v) is 5.78. The van der Waals surface area contributed by atoms with Crippen molar-refractivity contribution < 1.29 is 4.79 Å². The lowest BCUT2D eigenvalue weighted by atomic mass is 9.97. The monoisotopic (exact) mass is 348 g/mol. The maximum Gasteiger partial charge on any atom is 0.223 e. The number of nitrogens with zero attached hydrogens (tertiary/aromatic N) is 2. The summed E-state index contributed by atoms with van der Waals surface area (Å²) in [5.41, 5.74) is 0. The van der Waals surface area contributed by atoms with Crippen LogP contribution in [0.4, 0.5) is 0 Å². The Morgan fingerprint density at radius 3 is 2.80 bits per heavy atom. The lowest BCUT2D eigenvalue weighted by Crippen LogP contribution is -2.40. The second kappa shape index (κ2) is 11.4. The molecule has 5 nitrogen and oxygen atoms in total. The standard InChI is InChI=1S/C20H36N4O/c1-2-3-4-5-12-22-14-17-7-6-8-18(10-9-17)20(25)23-19-11-13-24(15-19)16-21/h17-19,22H,2-15H2,1H3,(H,23,25)/t17?,18?,19-/m1/s1. The molecule has 0 spiro atoms. The van der Waals surface area contributed by atoms with E-state index in [1.165, 1.54) is 32.1 Å². The van der Waals surface area contributed by atoms with E-state index >= 15 is 0 Å². The van der Waals surface area contributed by atoms with Gasteiger partial charge in [-0.05, 0) is 57.5 Å². The van der Waals surface area contributed by atoms with Gasteiger partial charge in [0.25, 0.3) is 0 Å². The van der Waals surface area contributed by atoms with Crippen LogP contribution in [0.5, 0.6) is 0 Å². The highest BCUT2D eigenvalue weighted by molar-refractivity contribution is 5.79. The molecule has 1 aliphatic heterocycles. The summed E-state index contributed by atoms with van der Waals surface area (Å²) in [5, 5.41) is 15.7. The molecule has 2 unspecified atom stereocenters. The number of carbonyl (C=O) groups excluding carboxylic acids is 1. The van der Waals surface area contributed by atoms with E-state index in [2.05, 4.69) is 23.8 Å². The van der Waals surface area contributed by atoms with Crippen LogP contribution in [-0.2, 0) is 4.79 Å². The molecule has 142 valence electrons. The molecule has 1 amide bonds. The first-order valence-electron chi connectivity index (χ1n) is 10.4. The predicted molar refractivity (Wildman–Crippen MR) is 101 cm³/mol. The average molecular weight is 349 g/mol. The molecule has 2 fully saturated rings. The Hall–Kier alpha value is -1.28. The number of likely N-dealkylation sites (tertiary alicyclic amines) is 1. The predicted octanol–water partition coefficient (Wildman–Crippen LogP) is 3.02. The van der Waals surface area contributed by atoms with Gasteiger partial charge in [-0.3, -0.25) is 4.79 Å². The Labute approximate surface area is 153 Å². The van der Waals surface area contributed by atoms with Crippen molar-refractivity contribution in [3.05, 3.63) is 0 Å². The number of hydrogen-bond acceptors (Lipinski definition) is 4. The fraction of sp³-hybridized carbons (Fsp3) is 0.900. The highest BCUT2D eigenvalue weighted by Crippen LogP contribution is 2.27. The Morgan fingerprint density at radius 1 is 1.16 bits per heavy atom. The molecule has 0 aromatic rings. The smallest absolute Gasteiger partial charge is 0.223 e. The molecule has 2 aliphatic rings. The van der Waals surface area contributed by atoms with Crippen molar-refractivity contribution in [1.29, 1.82) is 5.26 Å². The first kappa shape index (κ1) is 20.0. The van der Waals surface area contributed by atoms with Gasteiger partial charge in [-0.2, -0.15) is 5.26 Å². The van der Waals surface area contributed by atoms with Crippen LogP contribution in [0.1, 0.15) is 71.1 Å². The van der Waals surface area contributed by atoms with Crippen LogP contribution in [-0.4, -0.2) is 43.0 Å². The first-order chi connectivity index (χ1) is 12.2. The van der Waals surface area contributed by atoms with Crippen molar-refractivity contribution in [2.75, 3.05) is 26.2 Å². The molecule has 2 N–H and O–H groups in total. The van der Waals surface area contributed by atoms with Gasteiger partial charge in [0.1, 0.15) is 0 Å². The number of unbranched alkanes of at least 4 members (excludes halogenated alkanes) is 3. The Bertz CT molecular complexity index is 434. The summed E-state index contributed by atoms with van der Waals surface area (Å²) in [4.78, 5) is 14.3. The molecule has 1 heterocycles. The van der Waals surface area contributed by atoms with E-state index in [1.807, 2.05) is 0 Å². The van der Waals surface area contributed by atoms with Crippen LogP contribution in [0, 0.1) is 23.3 Å². The van der Waals surface area contributed by atoms with E-state index in [4.69, 9.17) is 5.26 Å². The minimum absolute atomic E-state index is 0.163. The molecule has 2 rings (SSSR count). The topological polar surface area (TPSA) is 68.2 Å². The fourth-order valence-corrected chi connectivity index (χ4v) is 4.12. The van der Waals surface area contributed by atoms with Gasteiger partial charge in [-0.1, -0.05) is 32.6 Å². The maximum absolute atomic E-state index is 12.5. The summed E-state index contributed by atoms with van der Waals surface area (Å²) < 4.78 is 0. The van der Waals surface area contributed by atoms with Crippen LogP contribution in [0.25, 0.3) is 0 Å². The number of amides is 1. The Balaban J connectivity index is 1.61. The van der Waals surface area contributed by atoms with Gasteiger partial charge in [0.05, 0.1) is 0 Å². The Kier molecular flexibility index (Phi) is 9.10. The molecule has 0 radical (unpaired) electrons. The highest BCUT2D eigenvalue weighted by Gasteiger charge is 2.28. The molecule has 0 aromatic heterocycles. The van der Waals surface area contributed by atoms with E-state index < -0.39 is 0 Å². The average Bonchev–Trinajstić information content (AvgIpc) is 2.93. The van der Waals surface area contributed by atoms with Gasteiger partial charge in [0, 0.05) is 25.0 Å². The Morgan fingerprint density at radius 2 is 2.04 bits per heavy atom. The van der Waals surface area contributed by atoms with Crippen molar-refractivity contribution in [2.45, 2.75) is 77.2 Å². The molecular formula is C20H36N4O. The summed E-state index contributed by atoms with van der Waals surface area (Å²) in [6, 6.07) is 0.163. The molecule has 1 saturated heterocycles. The highest BCUT2D eigenvalue weighted by atomic mass is 16.1. The van der Waals surface area contributed by atoms with Crippen molar-refractivity contribution in [3.63, 3.8) is 0 Å². The minimum atomic E-state index is 0.163. The normalized spacial score (nSPS) is 26.9. The van der Waals surface area contributed by atoms with Crippen LogP contribution in [0.15, 0.2) is 0 Å². The fourth-order valence-electron chi connectivity index (χ4n) is 4.12. The maximum atomic E-state index is 12.5. The third-order valence-electron chi connectivity index (χ3n) is 5.78.